The molecular formula is C22H27N3O3. The summed E-state index contributed by atoms with van der Waals surface area (Å²) in [5, 5.41) is 0. The van der Waals surface area contributed by atoms with Crippen molar-refractivity contribution in [2.45, 2.75) is 13.8 Å². The zero-order valence-electron chi connectivity index (χ0n) is 16.7. The number of piperazine rings is 1. The molecule has 2 aromatic rings. The molecule has 6 heteroatoms. The van der Waals surface area contributed by atoms with Crippen LogP contribution in [0.2, 0.25) is 0 Å². The number of benzene rings is 2. The number of nitrogens with zero attached hydrogens (tertiary/aromatic N) is 3. The lowest BCUT2D eigenvalue weighted by molar-refractivity contribution is -0.144. The van der Waals surface area contributed by atoms with Crippen molar-refractivity contribution in [1.29, 1.82) is 0 Å². The van der Waals surface area contributed by atoms with Gasteiger partial charge in [-0.25, -0.2) is 0 Å². The summed E-state index contributed by atoms with van der Waals surface area (Å²) in [4.78, 5) is 31.0. The van der Waals surface area contributed by atoms with Crippen molar-refractivity contribution < 1.29 is 14.3 Å². The average Bonchev–Trinajstić information content (AvgIpc) is 2.74. The molecule has 1 aliphatic rings. The van der Waals surface area contributed by atoms with Gasteiger partial charge in [0.25, 0.3) is 0 Å². The normalized spacial score (nSPS) is 14.0. The van der Waals surface area contributed by atoms with E-state index in [2.05, 4.69) is 4.90 Å². The predicted octanol–water partition coefficient (Wildman–Crippen LogP) is 2.71. The Kier molecular flexibility index (Phi) is 6.19. The molecule has 28 heavy (non-hydrogen) atoms. The van der Waals surface area contributed by atoms with Gasteiger partial charge in [-0.2, -0.15) is 0 Å². The van der Waals surface area contributed by atoms with Gasteiger partial charge in [-0.15, -0.1) is 0 Å². The third-order valence-electron chi connectivity index (χ3n) is 5.06. The van der Waals surface area contributed by atoms with Gasteiger partial charge in [-0.3, -0.25) is 9.59 Å². The number of ether oxygens (including phenoxy) is 1. The minimum absolute atomic E-state index is 0.433. The molecule has 1 aliphatic heterocycles. The van der Waals surface area contributed by atoms with Crippen molar-refractivity contribution in [3.8, 4) is 5.75 Å². The molecule has 3 rings (SSSR count). The van der Waals surface area contributed by atoms with Crippen molar-refractivity contribution in [2.75, 3.05) is 49.6 Å². The van der Waals surface area contributed by atoms with E-state index in [-0.39, 0.29) is 0 Å². The molecule has 2 amide bonds. The van der Waals surface area contributed by atoms with Crippen LogP contribution in [-0.4, -0.2) is 56.5 Å². The van der Waals surface area contributed by atoms with Crippen LogP contribution in [0.3, 0.4) is 0 Å². The zero-order chi connectivity index (χ0) is 20.1. The van der Waals surface area contributed by atoms with Crippen molar-refractivity contribution in [2.24, 2.45) is 0 Å². The fraction of sp³-hybridized carbons (Fsp3) is 0.364. The van der Waals surface area contributed by atoms with E-state index in [4.69, 9.17) is 4.74 Å². The van der Waals surface area contributed by atoms with Crippen molar-refractivity contribution in [3.63, 3.8) is 0 Å². The van der Waals surface area contributed by atoms with E-state index >= 15 is 0 Å². The van der Waals surface area contributed by atoms with E-state index in [9.17, 15) is 9.59 Å². The maximum absolute atomic E-state index is 12.8. The number of carbonyl (C=O) groups is 2. The standard InChI is InChI=1S/C22H27N3O3/c1-4-25(19-7-5-6-17(2)16-19)22(27)21(26)24-14-12-23(13-15-24)18-8-10-20(28-3)11-9-18/h5-11,16H,4,12-15H2,1-3H3. The van der Waals surface area contributed by atoms with Crippen molar-refractivity contribution >= 4 is 23.2 Å². The van der Waals surface area contributed by atoms with Crippen LogP contribution in [0.15, 0.2) is 48.5 Å². The number of hydrogen-bond acceptors (Lipinski definition) is 4. The summed E-state index contributed by atoms with van der Waals surface area (Å²) in [6.07, 6.45) is 0. The summed E-state index contributed by atoms with van der Waals surface area (Å²) >= 11 is 0. The second-order valence-electron chi connectivity index (χ2n) is 6.87. The fourth-order valence-electron chi connectivity index (χ4n) is 3.45. The van der Waals surface area contributed by atoms with E-state index in [0.29, 0.717) is 32.7 Å². The number of rotatable bonds is 4. The Morgan fingerprint density at radius 3 is 2.29 bits per heavy atom. The Labute approximate surface area is 166 Å². The molecule has 1 fully saturated rings. The summed E-state index contributed by atoms with van der Waals surface area (Å²) in [6, 6.07) is 15.5. The quantitative estimate of drug-likeness (QED) is 0.764. The summed E-state index contributed by atoms with van der Waals surface area (Å²) in [5.41, 5.74) is 2.91. The van der Waals surface area contributed by atoms with E-state index < -0.39 is 11.8 Å². The van der Waals surface area contributed by atoms with E-state index in [1.165, 1.54) is 0 Å². The molecular weight excluding hydrogens is 354 g/mol. The van der Waals surface area contributed by atoms with Gasteiger partial charge in [0.1, 0.15) is 5.75 Å². The SMILES string of the molecule is CCN(C(=O)C(=O)N1CCN(c2ccc(OC)cc2)CC1)c1cccc(C)c1. The molecule has 0 aliphatic carbocycles. The van der Waals surface area contributed by atoms with Crippen molar-refractivity contribution in [1.82, 2.24) is 4.90 Å². The Morgan fingerprint density at radius 1 is 1.04 bits per heavy atom. The molecule has 0 saturated carbocycles. The van der Waals surface area contributed by atoms with Gasteiger partial charge in [0, 0.05) is 44.1 Å². The van der Waals surface area contributed by atoms with Crippen LogP contribution in [0, 0.1) is 6.92 Å². The topological polar surface area (TPSA) is 53.1 Å². The second-order valence-corrected chi connectivity index (χ2v) is 6.87. The average molecular weight is 381 g/mol. The lowest BCUT2D eigenvalue weighted by Gasteiger charge is -2.36. The summed E-state index contributed by atoms with van der Waals surface area (Å²) in [6.45, 7) is 6.77. The van der Waals surface area contributed by atoms with Crippen LogP contribution in [0.4, 0.5) is 11.4 Å². The molecule has 0 unspecified atom stereocenters. The number of methoxy groups -OCH3 is 1. The maximum atomic E-state index is 12.8. The first-order valence-electron chi connectivity index (χ1n) is 9.60. The monoisotopic (exact) mass is 381 g/mol. The van der Waals surface area contributed by atoms with Crippen LogP contribution in [0.5, 0.6) is 5.75 Å². The van der Waals surface area contributed by atoms with Gasteiger partial charge < -0.3 is 19.4 Å². The molecule has 0 N–H and O–H groups in total. The lowest BCUT2D eigenvalue weighted by atomic mass is 10.2. The first-order chi connectivity index (χ1) is 13.5. The highest BCUT2D eigenvalue weighted by Gasteiger charge is 2.29. The van der Waals surface area contributed by atoms with Crippen LogP contribution in [0.25, 0.3) is 0 Å². The lowest BCUT2D eigenvalue weighted by Crippen LogP contribution is -2.53. The molecule has 0 spiro atoms. The Bertz CT molecular complexity index is 827. The third-order valence-corrected chi connectivity index (χ3v) is 5.06. The molecule has 0 atom stereocenters. The zero-order valence-corrected chi connectivity index (χ0v) is 16.7. The molecule has 148 valence electrons. The van der Waals surface area contributed by atoms with Gasteiger partial charge in [0.15, 0.2) is 0 Å². The first kappa shape index (κ1) is 19.7. The van der Waals surface area contributed by atoms with Crippen LogP contribution in [0.1, 0.15) is 12.5 Å². The van der Waals surface area contributed by atoms with Crippen molar-refractivity contribution in [3.05, 3.63) is 54.1 Å². The first-order valence-corrected chi connectivity index (χ1v) is 9.60. The highest BCUT2D eigenvalue weighted by molar-refractivity contribution is 6.40. The maximum Gasteiger partial charge on any atom is 0.316 e. The highest BCUT2D eigenvalue weighted by atomic mass is 16.5. The van der Waals surface area contributed by atoms with Gasteiger partial charge in [0.05, 0.1) is 7.11 Å². The second kappa shape index (κ2) is 8.78. The van der Waals surface area contributed by atoms with Gasteiger partial charge in [0.2, 0.25) is 0 Å². The van der Waals surface area contributed by atoms with Crippen LogP contribution >= 0.6 is 0 Å². The van der Waals surface area contributed by atoms with Gasteiger partial charge >= 0.3 is 11.8 Å². The summed E-state index contributed by atoms with van der Waals surface area (Å²) in [7, 11) is 1.65. The minimum Gasteiger partial charge on any atom is -0.497 e. The minimum atomic E-state index is -0.467. The molecule has 0 aromatic heterocycles. The molecule has 0 bridgehead atoms. The number of hydrogen-bond donors (Lipinski definition) is 0. The number of carbonyl (C=O) groups excluding carboxylic acids is 2. The molecule has 6 nitrogen and oxygen atoms in total. The number of anilines is 2. The van der Waals surface area contributed by atoms with E-state index in [0.717, 1.165) is 22.7 Å². The van der Waals surface area contributed by atoms with Gasteiger partial charge in [-0.1, -0.05) is 12.1 Å². The molecule has 1 heterocycles. The fourth-order valence-corrected chi connectivity index (χ4v) is 3.45. The summed E-state index contributed by atoms with van der Waals surface area (Å²) < 4.78 is 5.19. The number of aryl methyl sites for hydroxylation is 1. The highest BCUT2D eigenvalue weighted by Crippen LogP contribution is 2.21. The summed E-state index contributed by atoms with van der Waals surface area (Å²) in [5.74, 6) is -0.0808. The van der Waals surface area contributed by atoms with Gasteiger partial charge in [-0.05, 0) is 55.8 Å². The largest absolute Gasteiger partial charge is 0.497 e. The number of amides is 2. The number of likely N-dealkylation sites (N-methyl/N-ethyl adjacent to an activating group) is 1. The Hall–Kier alpha value is -3.02. The Balaban J connectivity index is 1.62. The van der Waals surface area contributed by atoms with E-state index in [1.54, 1.807) is 16.9 Å². The molecule has 1 saturated heterocycles. The van der Waals surface area contributed by atoms with Crippen LogP contribution < -0.4 is 14.5 Å². The third kappa shape index (κ3) is 4.27. The van der Waals surface area contributed by atoms with Crippen LogP contribution in [-0.2, 0) is 9.59 Å². The Morgan fingerprint density at radius 2 is 1.71 bits per heavy atom. The smallest absolute Gasteiger partial charge is 0.316 e. The predicted molar refractivity (Wildman–Crippen MR) is 111 cm³/mol. The molecule has 2 aromatic carbocycles. The molecule has 0 radical (unpaired) electrons. The van der Waals surface area contributed by atoms with E-state index in [1.807, 2.05) is 62.4 Å².